The van der Waals surface area contributed by atoms with Crippen LogP contribution in [0.3, 0.4) is 0 Å². The molecule has 0 atom stereocenters. The lowest BCUT2D eigenvalue weighted by molar-refractivity contribution is 0.374. The molecule has 6 nitrogen and oxygen atoms in total. The highest BCUT2D eigenvalue weighted by atomic mass is 16.5. The minimum atomic E-state index is 0.460. The molecule has 98 valence electrons. The molecule has 0 unspecified atom stereocenters. The first-order valence-corrected chi connectivity index (χ1v) is 6.19. The van der Waals surface area contributed by atoms with Crippen LogP contribution in [0.25, 0.3) is 0 Å². The Kier molecular flexibility index (Phi) is 4.33. The van der Waals surface area contributed by atoms with E-state index in [4.69, 9.17) is 4.52 Å². The van der Waals surface area contributed by atoms with Crippen molar-refractivity contribution in [2.75, 3.05) is 13.6 Å². The van der Waals surface area contributed by atoms with E-state index in [1.165, 1.54) is 0 Å². The molecule has 1 aliphatic carbocycles. The molecule has 2 N–H and O–H groups in total. The fraction of sp³-hybridized carbons (Fsp3) is 0.583. The van der Waals surface area contributed by atoms with E-state index in [1.54, 1.807) is 7.05 Å². The lowest BCUT2D eigenvalue weighted by Crippen LogP contribution is -2.43. The van der Waals surface area contributed by atoms with Gasteiger partial charge in [0.1, 0.15) is 0 Å². The summed E-state index contributed by atoms with van der Waals surface area (Å²) in [6.45, 7) is 2.54. The third-order valence-corrected chi connectivity index (χ3v) is 2.77. The molecule has 0 aliphatic heterocycles. The highest BCUT2D eigenvalue weighted by molar-refractivity contribution is 5.80. The van der Waals surface area contributed by atoms with Gasteiger partial charge in [0.15, 0.2) is 11.8 Å². The molecule has 0 bridgehead atoms. The number of aromatic nitrogens is 2. The van der Waals surface area contributed by atoms with Crippen LogP contribution in [-0.2, 0) is 6.42 Å². The molecular weight excluding hydrogens is 230 g/mol. The molecule has 0 spiro atoms. The first-order valence-electron chi connectivity index (χ1n) is 6.19. The minimum Gasteiger partial charge on any atom is -0.356 e. The standard InChI is InChI=1S/C12H19N5O/c1-9-15-11(18-17-9)7-8-14-12(13-2)16-10-5-3-4-6-10/h3-4,10H,5-8H2,1-2H3,(H2,13,14,16). The number of hydrogen-bond donors (Lipinski definition) is 2. The Morgan fingerprint density at radius 2 is 2.28 bits per heavy atom. The van der Waals surface area contributed by atoms with Gasteiger partial charge in [-0.15, -0.1) is 0 Å². The fourth-order valence-electron chi connectivity index (χ4n) is 1.85. The van der Waals surface area contributed by atoms with Crippen LogP contribution in [0.4, 0.5) is 0 Å². The average molecular weight is 249 g/mol. The minimum absolute atomic E-state index is 0.460. The molecule has 0 saturated heterocycles. The SMILES string of the molecule is CN=C(NCCc1nc(C)no1)NC1CC=CC1. The number of aryl methyl sites for hydroxylation is 1. The van der Waals surface area contributed by atoms with Crippen LogP contribution in [0.5, 0.6) is 0 Å². The topological polar surface area (TPSA) is 75.3 Å². The van der Waals surface area contributed by atoms with Crippen molar-refractivity contribution in [2.45, 2.75) is 32.2 Å². The highest BCUT2D eigenvalue weighted by Crippen LogP contribution is 2.08. The van der Waals surface area contributed by atoms with E-state index in [-0.39, 0.29) is 0 Å². The van der Waals surface area contributed by atoms with Crippen molar-refractivity contribution >= 4 is 5.96 Å². The van der Waals surface area contributed by atoms with E-state index in [0.29, 0.717) is 24.2 Å². The molecule has 6 heteroatoms. The van der Waals surface area contributed by atoms with Gasteiger partial charge in [-0.25, -0.2) is 0 Å². The Balaban J connectivity index is 1.70. The van der Waals surface area contributed by atoms with Crippen molar-refractivity contribution in [3.05, 3.63) is 23.9 Å². The van der Waals surface area contributed by atoms with Crippen molar-refractivity contribution in [2.24, 2.45) is 4.99 Å². The number of hydrogen-bond acceptors (Lipinski definition) is 4. The zero-order valence-corrected chi connectivity index (χ0v) is 10.8. The molecular formula is C12H19N5O. The average Bonchev–Trinajstić information content (AvgIpc) is 3.00. The smallest absolute Gasteiger partial charge is 0.228 e. The van der Waals surface area contributed by atoms with Crippen molar-refractivity contribution in [1.29, 1.82) is 0 Å². The van der Waals surface area contributed by atoms with Gasteiger partial charge < -0.3 is 15.2 Å². The molecule has 1 aromatic rings. The zero-order chi connectivity index (χ0) is 12.8. The lowest BCUT2D eigenvalue weighted by Gasteiger charge is -2.16. The first kappa shape index (κ1) is 12.6. The molecule has 0 amide bonds. The Hall–Kier alpha value is -1.85. The second-order valence-electron chi connectivity index (χ2n) is 4.27. The molecule has 18 heavy (non-hydrogen) atoms. The summed E-state index contributed by atoms with van der Waals surface area (Å²) in [6.07, 6.45) is 7.19. The molecule has 0 saturated carbocycles. The molecule has 0 radical (unpaired) electrons. The van der Waals surface area contributed by atoms with E-state index >= 15 is 0 Å². The van der Waals surface area contributed by atoms with E-state index in [1.807, 2.05) is 6.92 Å². The summed E-state index contributed by atoms with van der Waals surface area (Å²) >= 11 is 0. The Morgan fingerprint density at radius 3 is 2.89 bits per heavy atom. The highest BCUT2D eigenvalue weighted by Gasteiger charge is 2.11. The zero-order valence-electron chi connectivity index (χ0n) is 10.8. The normalized spacial score (nSPS) is 16.2. The summed E-state index contributed by atoms with van der Waals surface area (Å²) in [5, 5.41) is 10.4. The first-order chi connectivity index (χ1) is 8.78. The molecule has 1 aliphatic rings. The molecule has 1 aromatic heterocycles. The third-order valence-electron chi connectivity index (χ3n) is 2.77. The van der Waals surface area contributed by atoms with Crippen LogP contribution in [0, 0.1) is 6.92 Å². The van der Waals surface area contributed by atoms with Crippen LogP contribution in [0.1, 0.15) is 24.6 Å². The van der Waals surface area contributed by atoms with E-state index in [0.717, 1.165) is 25.3 Å². The van der Waals surface area contributed by atoms with Gasteiger partial charge in [0.05, 0.1) is 0 Å². The monoisotopic (exact) mass is 249 g/mol. The van der Waals surface area contributed by atoms with E-state index in [9.17, 15) is 0 Å². The lowest BCUT2D eigenvalue weighted by atomic mass is 10.2. The summed E-state index contributed by atoms with van der Waals surface area (Å²) in [5.74, 6) is 2.14. The van der Waals surface area contributed by atoms with E-state index < -0.39 is 0 Å². The molecule has 0 aromatic carbocycles. The summed E-state index contributed by atoms with van der Waals surface area (Å²) in [7, 11) is 1.77. The van der Waals surface area contributed by atoms with Crippen molar-refractivity contribution in [3.8, 4) is 0 Å². The van der Waals surface area contributed by atoms with Crippen molar-refractivity contribution < 1.29 is 4.52 Å². The number of rotatable bonds is 4. The Labute approximate surface area is 107 Å². The molecule has 1 heterocycles. The van der Waals surface area contributed by atoms with Crippen LogP contribution < -0.4 is 10.6 Å². The quantitative estimate of drug-likeness (QED) is 0.469. The second kappa shape index (κ2) is 6.18. The van der Waals surface area contributed by atoms with Gasteiger partial charge >= 0.3 is 0 Å². The maximum absolute atomic E-state index is 5.04. The second-order valence-corrected chi connectivity index (χ2v) is 4.27. The van der Waals surface area contributed by atoms with Crippen LogP contribution in [0.15, 0.2) is 21.7 Å². The van der Waals surface area contributed by atoms with Gasteiger partial charge in [0, 0.05) is 26.1 Å². The van der Waals surface area contributed by atoms with Gasteiger partial charge in [0.2, 0.25) is 5.89 Å². The summed E-state index contributed by atoms with van der Waals surface area (Å²) < 4.78 is 5.04. The van der Waals surface area contributed by atoms with Crippen LogP contribution >= 0.6 is 0 Å². The van der Waals surface area contributed by atoms with Gasteiger partial charge in [-0.1, -0.05) is 17.3 Å². The number of nitrogens with zero attached hydrogens (tertiary/aromatic N) is 3. The summed E-state index contributed by atoms with van der Waals surface area (Å²) in [4.78, 5) is 8.34. The predicted molar refractivity (Wildman–Crippen MR) is 69.4 cm³/mol. The van der Waals surface area contributed by atoms with Gasteiger partial charge in [0.25, 0.3) is 0 Å². The third kappa shape index (κ3) is 3.58. The van der Waals surface area contributed by atoms with Gasteiger partial charge in [-0.2, -0.15) is 4.98 Å². The number of guanidine groups is 1. The van der Waals surface area contributed by atoms with Crippen molar-refractivity contribution in [1.82, 2.24) is 20.8 Å². The predicted octanol–water partition coefficient (Wildman–Crippen LogP) is 0.804. The van der Waals surface area contributed by atoms with Gasteiger partial charge in [-0.05, 0) is 19.8 Å². The number of aliphatic imine (C=N–C) groups is 1. The largest absolute Gasteiger partial charge is 0.356 e. The van der Waals surface area contributed by atoms with E-state index in [2.05, 4.69) is 37.9 Å². The fourth-order valence-corrected chi connectivity index (χ4v) is 1.85. The maximum atomic E-state index is 5.04. The molecule has 0 fully saturated rings. The van der Waals surface area contributed by atoms with Crippen molar-refractivity contribution in [3.63, 3.8) is 0 Å². The molecule has 2 rings (SSSR count). The summed E-state index contributed by atoms with van der Waals surface area (Å²) in [6, 6.07) is 0.460. The Bertz CT molecular complexity index is 429. The Morgan fingerprint density at radius 1 is 1.50 bits per heavy atom. The van der Waals surface area contributed by atoms with Crippen LogP contribution in [0.2, 0.25) is 0 Å². The number of nitrogens with one attached hydrogen (secondary N) is 2. The van der Waals surface area contributed by atoms with Gasteiger partial charge in [-0.3, -0.25) is 4.99 Å². The summed E-state index contributed by atoms with van der Waals surface area (Å²) in [5.41, 5.74) is 0. The maximum Gasteiger partial charge on any atom is 0.228 e. The van der Waals surface area contributed by atoms with Crippen LogP contribution in [-0.4, -0.2) is 35.7 Å².